The highest BCUT2D eigenvalue weighted by Crippen LogP contribution is 2.47. The van der Waals surface area contributed by atoms with Crippen LogP contribution >= 0.6 is 11.8 Å². The monoisotopic (exact) mass is 358 g/mol. The molecule has 0 atom stereocenters. The summed E-state index contributed by atoms with van der Waals surface area (Å²) >= 11 is -0.240. The molecule has 0 fully saturated rings. The fourth-order valence-corrected chi connectivity index (χ4v) is 3.28. The normalized spacial score (nSPS) is 14.2. The number of ether oxygens (including phenoxy) is 1. The fraction of sp³-hybridized carbons (Fsp3) is 0.333. The van der Waals surface area contributed by atoms with Crippen molar-refractivity contribution < 1.29 is 23.0 Å². The number of hydrogen-bond donors (Lipinski definition) is 1. The predicted octanol–water partition coefficient (Wildman–Crippen LogP) is 3.09. The van der Waals surface area contributed by atoms with Gasteiger partial charge in [0.1, 0.15) is 5.75 Å². The Morgan fingerprint density at radius 3 is 2.79 bits per heavy atom. The van der Waals surface area contributed by atoms with E-state index in [9.17, 15) is 23.1 Å². The van der Waals surface area contributed by atoms with E-state index in [4.69, 9.17) is 4.74 Å². The maximum Gasteiger partial charge on any atom is 0.446 e. The molecule has 1 aliphatic rings. The van der Waals surface area contributed by atoms with Crippen molar-refractivity contribution >= 4 is 11.8 Å². The van der Waals surface area contributed by atoms with E-state index < -0.39 is 16.8 Å². The van der Waals surface area contributed by atoms with Crippen LogP contribution in [0, 0.1) is 0 Å². The Morgan fingerprint density at radius 2 is 2.08 bits per heavy atom. The maximum atomic E-state index is 12.7. The SMILES string of the molecule is Cn1ncc(-c2ccc(SC(F)(F)F)c3c2CCCO3)c(O)c1=O. The molecule has 2 heterocycles. The van der Waals surface area contributed by atoms with Crippen LogP contribution in [0.5, 0.6) is 11.5 Å². The molecule has 0 spiro atoms. The van der Waals surface area contributed by atoms with Gasteiger partial charge < -0.3 is 9.84 Å². The van der Waals surface area contributed by atoms with Gasteiger partial charge in [0.2, 0.25) is 0 Å². The van der Waals surface area contributed by atoms with Crippen molar-refractivity contribution in [1.82, 2.24) is 9.78 Å². The van der Waals surface area contributed by atoms with Crippen LogP contribution in [0.1, 0.15) is 12.0 Å². The Bertz CT molecular complexity index is 849. The molecule has 5 nitrogen and oxygen atoms in total. The summed E-state index contributed by atoms with van der Waals surface area (Å²) < 4.78 is 44.6. The van der Waals surface area contributed by atoms with Crippen molar-refractivity contribution in [3.8, 4) is 22.6 Å². The van der Waals surface area contributed by atoms with E-state index >= 15 is 0 Å². The summed E-state index contributed by atoms with van der Waals surface area (Å²) in [6, 6.07) is 2.74. The lowest BCUT2D eigenvalue weighted by molar-refractivity contribution is -0.0329. The second-order valence-corrected chi connectivity index (χ2v) is 6.36. The third-order valence-corrected chi connectivity index (χ3v) is 4.44. The first-order chi connectivity index (χ1) is 11.3. The smallest absolute Gasteiger partial charge is 0.446 e. The number of fused-ring (bicyclic) bond motifs is 1. The van der Waals surface area contributed by atoms with E-state index in [1.165, 1.54) is 25.4 Å². The van der Waals surface area contributed by atoms with Crippen LogP contribution in [0.4, 0.5) is 13.2 Å². The minimum Gasteiger partial charge on any atom is -0.503 e. The standard InChI is InChI=1S/C15H13F3N2O3S/c1-20-14(22)12(21)10(7-19-20)8-4-5-11(24-15(16,17)18)13-9(8)3-2-6-23-13/h4-5,7,21H,2-3,6H2,1H3. The number of aromatic nitrogens is 2. The Hall–Kier alpha value is -2.16. The highest BCUT2D eigenvalue weighted by Gasteiger charge is 2.33. The molecule has 0 radical (unpaired) electrons. The summed E-state index contributed by atoms with van der Waals surface area (Å²) in [6.07, 6.45) is 2.45. The van der Waals surface area contributed by atoms with Gasteiger partial charge >= 0.3 is 11.1 Å². The highest BCUT2D eigenvalue weighted by atomic mass is 32.2. The van der Waals surface area contributed by atoms with Crippen molar-refractivity contribution in [3.63, 3.8) is 0 Å². The molecule has 3 rings (SSSR count). The van der Waals surface area contributed by atoms with Gasteiger partial charge in [-0.25, -0.2) is 4.68 Å². The number of alkyl halides is 3. The Morgan fingerprint density at radius 1 is 1.33 bits per heavy atom. The number of halogens is 3. The van der Waals surface area contributed by atoms with Crippen LogP contribution in [0.2, 0.25) is 0 Å². The minimum atomic E-state index is -4.43. The number of rotatable bonds is 2. The third-order valence-electron chi connectivity index (χ3n) is 3.67. The van der Waals surface area contributed by atoms with Gasteiger partial charge in [0, 0.05) is 18.2 Å². The third kappa shape index (κ3) is 3.08. The summed E-state index contributed by atoms with van der Waals surface area (Å²) in [5, 5.41) is 14.0. The van der Waals surface area contributed by atoms with Gasteiger partial charge in [0.25, 0.3) is 0 Å². The molecule has 0 saturated carbocycles. The number of aryl methyl sites for hydroxylation is 1. The van der Waals surface area contributed by atoms with Crippen molar-refractivity contribution in [2.45, 2.75) is 23.2 Å². The molecule has 128 valence electrons. The first kappa shape index (κ1) is 16.7. The van der Waals surface area contributed by atoms with E-state index in [0.717, 1.165) is 4.68 Å². The van der Waals surface area contributed by atoms with E-state index in [-0.39, 0.29) is 28.0 Å². The summed E-state index contributed by atoms with van der Waals surface area (Å²) in [6.45, 7) is 0.322. The zero-order valence-electron chi connectivity index (χ0n) is 12.6. The molecule has 1 N–H and O–H groups in total. The summed E-state index contributed by atoms with van der Waals surface area (Å²) in [7, 11) is 1.40. The Balaban J connectivity index is 2.17. The van der Waals surface area contributed by atoms with Gasteiger partial charge in [-0.3, -0.25) is 4.79 Å². The molecule has 0 unspecified atom stereocenters. The molecule has 1 aromatic carbocycles. The molecule has 9 heteroatoms. The predicted molar refractivity (Wildman–Crippen MR) is 82.3 cm³/mol. The molecule has 0 amide bonds. The van der Waals surface area contributed by atoms with Crippen LogP contribution in [0.3, 0.4) is 0 Å². The molecular weight excluding hydrogens is 345 g/mol. The zero-order chi connectivity index (χ0) is 17.5. The van der Waals surface area contributed by atoms with Crippen molar-refractivity contribution in [2.75, 3.05) is 6.61 Å². The van der Waals surface area contributed by atoms with Crippen molar-refractivity contribution in [1.29, 1.82) is 0 Å². The number of aromatic hydroxyl groups is 1. The van der Waals surface area contributed by atoms with E-state index in [0.29, 0.717) is 30.6 Å². The fourth-order valence-electron chi connectivity index (χ4n) is 2.62. The first-order valence-electron chi connectivity index (χ1n) is 7.08. The molecule has 0 bridgehead atoms. The Kier molecular flexibility index (Phi) is 4.20. The number of thioether (sulfide) groups is 1. The Labute approximate surface area is 139 Å². The first-order valence-corrected chi connectivity index (χ1v) is 7.89. The van der Waals surface area contributed by atoms with Gasteiger partial charge in [-0.05, 0) is 36.2 Å². The van der Waals surface area contributed by atoms with Gasteiger partial charge in [-0.2, -0.15) is 18.3 Å². The van der Waals surface area contributed by atoms with Crippen LogP contribution in [-0.4, -0.2) is 27.0 Å². The van der Waals surface area contributed by atoms with Crippen LogP contribution in [0.25, 0.3) is 11.1 Å². The quantitative estimate of drug-likeness (QED) is 0.836. The molecule has 24 heavy (non-hydrogen) atoms. The molecule has 0 aliphatic carbocycles. The van der Waals surface area contributed by atoms with E-state index in [1.54, 1.807) is 0 Å². The minimum absolute atomic E-state index is 0.0303. The second-order valence-electron chi connectivity index (χ2n) is 5.25. The average Bonchev–Trinajstić information content (AvgIpc) is 2.53. The lowest BCUT2D eigenvalue weighted by atomic mass is 9.95. The largest absolute Gasteiger partial charge is 0.503 e. The lowest BCUT2D eigenvalue weighted by Gasteiger charge is -2.23. The van der Waals surface area contributed by atoms with Crippen LogP contribution < -0.4 is 10.3 Å². The van der Waals surface area contributed by atoms with Crippen molar-refractivity contribution in [2.24, 2.45) is 7.05 Å². The summed E-state index contributed by atoms with van der Waals surface area (Å²) in [4.78, 5) is 11.8. The maximum absolute atomic E-state index is 12.7. The number of nitrogens with zero attached hydrogens (tertiary/aromatic N) is 2. The lowest BCUT2D eigenvalue weighted by Crippen LogP contribution is -2.19. The van der Waals surface area contributed by atoms with E-state index in [1.807, 2.05) is 0 Å². The van der Waals surface area contributed by atoms with Gasteiger partial charge in [-0.15, -0.1) is 0 Å². The molecular formula is C15H13F3N2O3S. The van der Waals surface area contributed by atoms with Gasteiger partial charge in [0.05, 0.1) is 17.7 Å². The van der Waals surface area contributed by atoms with Gasteiger partial charge in [0.15, 0.2) is 5.75 Å². The second kappa shape index (κ2) is 6.04. The number of benzene rings is 1. The van der Waals surface area contributed by atoms with Crippen LogP contribution in [0.15, 0.2) is 28.0 Å². The average molecular weight is 358 g/mol. The van der Waals surface area contributed by atoms with Crippen LogP contribution in [-0.2, 0) is 13.5 Å². The number of hydrogen-bond acceptors (Lipinski definition) is 5. The molecule has 0 saturated heterocycles. The summed E-state index contributed by atoms with van der Waals surface area (Å²) in [5.74, 6) is -0.336. The van der Waals surface area contributed by atoms with E-state index in [2.05, 4.69) is 5.10 Å². The van der Waals surface area contributed by atoms with Crippen molar-refractivity contribution in [3.05, 3.63) is 34.2 Å². The topological polar surface area (TPSA) is 64.3 Å². The molecule has 1 aliphatic heterocycles. The highest BCUT2D eigenvalue weighted by molar-refractivity contribution is 8.00. The zero-order valence-corrected chi connectivity index (χ0v) is 13.4. The van der Waals surface area contributed by atoms with Gasteiger partial charge in [-0.1, -0.05) is 6.07 Å². The summed E-state index contributed by atoms with van der Waals surface area (Å²) in [5.41, 5.74) is -3.92. The molecule has 2 aromatic rings. The molecule has 1 aromatic heterocycles.